The fourth-order valence-electron chi connectivity index (χ4n) is 3.01. The maximum Gasteiger partial charge on any atom is 0.255 e. The van der Waals surface area contributed by atoms with Crippen LogP contribution in [-0.4, -0.2) is 35.0 Å². The molecular weight excluding hydrogens is 346 g/mol. The Morgan fingerprint density at radius 2 is 1.81 bits per heavy atom. The van der Waals surface area contributed by atoms with Crippen LogP contribution in [0.4, 0.5) is 0 Å². The first-order chi connectivity index (χ1) is 11.8. The zero-order valence-corrected chi connectivity index (χ0v) is 17.3. The number of amides is 1. The van der Waals surface area contributed by atoms with Crippen LogP contribution in [-0.2, 0) is 6.54 Å². The summed E-state index contributed by atoms with van der Waals surface area (Å²) in [4.78, 5) is 14.6. The van der Waals surface area contributed by atoms with Gasteiger partial charge in [-0.25, -0.2) is 0 Å². The van der Waals surface area contributed by atoms with Crippen molar-refractivity contribution in [2.75, 3.05) is 13.6 Å². The summed E-state index contributed by atoms with van der Waals surface area (Å²) in [5.74, 6) is 0.503. The zero-order valence-electron chi connectivity index (χ0n) is 16.5. The molecule has 2 N–H and O–H groups in total. The maximum absolute atomic E-state index is 12.8. The van der Waals surface area contributed by atoms with Crippen LogP contribution in [0.15, 0.2) is 36.4 Å². The molecule has 0 radical (unpaired) electrons. The summed E-state index contributed by atoms with van der Waals surface area (Å²) >= 11 is 0. The van der Waals surface area contributed by atoms with Gasteiger partial charge in [0.15, 0.2) is 0 Å². The number of nitrogens with two attached hydrogens (primary N) is 1. The minimum atomic E-state index is 0. The maximum atomic E-state index is 12.8. The van der Waals surface area contributed by atoms with E-state index in [0.29, 0.717) is 12.5 Å². The molecule has 0 saturated carbocycles. The lowest BCUT2D eigenvalue weighted by atomic mass is 10.0. The number of hydrogen-bond acceptors (Lipinski definition) is 2. The van der Waals surface area contributed by atoms with E-state index in [4.69, 9.17) is 5.73 Å². The highest BCUT2D eigenvalue weighted by molar-refractivity contribution is 5.95. The number of halogens is 1. The SMILES string of the molecule is Cc1cc(C(=O)N(C)CCC(N)C(C)C)c(C)n1Cc1ccccc1.Cl. The standard InChI is InChI=1S/C21H31N3O.ClH/c1-15(2)20(22)11-12-23(5)21(25)19-13-16(3)24(17(19)4)14-18-9-7-6-8-10-18;/h6-10,13,15,20H,11-12,14,22H2,1-5H3;1H. The van der Waals surface area contributed by atoms with Crippen molar-refractivity contribution in [1.29, 1.82) is 0 Å². The second-order valence-corrected chi connectivity index (χ2v) is 7.28. The molecule has 144 valence electrons. The molecule has 0 saturated heterocycles. The smallest absolute Gasteiger partial charge is 0.255 e. The fraction of sp³-hybridized carbons (Fsp3) is 0.476. The Balaban J connectivity index is 0.00000338. The number of benzene rings is 1. The van der Waals surface area contributed by atoms with Gasteiger partial charge in [-0.05, 0) is 37.8 Å². The molecule has 0 fully saturated rings. The first kappa shape index (κ1) is 22.3. The molecule has 1 aromatic heterocycles. The van der Waals surface area contributed by atoms with Gasteiger partial charge in [0, 0.05) is 37.6 Å². The van der Waals surface area contributed by atoms with Crippen LogP contribution in [0.5, 0.6) is 0 Å². The van der Waals surface area contributed by atoms with Crippen molar-refractivity contribution in [3.63, 3.8) is 0 Å². The summed E-state index contributed by atoms with van der Waals surface area (Å²) in [6, 6.07) is 12.5. The Labute approximate surface area is 163 Å². The van der Waals surface area contributed by atoms with E-state index in [2.05, 4.69) is 37.5 Å². The van der Waals surface area contributed by atoms with Crippen molar-refractivity contribution in [2.24, 2.45) is 11.7 Å². The third-order valence-electron chi connectivity index (χ3n) is 4.99. The summed E-state index contributed by atoms with van der Waals surface area (Å²) in [6.45, 7) is 9.78. The summed E-state index contributed by atoms with van der Waals surface area (Å²) in [5, 5.41) is 0. The van der Waals surface area contributed by atoms with Gasteiger partial charge in [0.2, 0.25) is 0 Å². The minimum absolute atomic E-state index is 0. The van der Waals surface area contributed by atoms with Crippen LogP contribution < -0.4 is 5.73 Å². The van der Waals surface area contributed by atoms with Gasteiger partial charge >= 0.3 is 0 Å². The first-order valence-electron chi connectivity index (χ1n) is 9.03. The third-order valence-corrected chi connectivity index (χ3v) is 4.99. The van der Waals surface area contributed by atoms with E-state index in [-0.39, 0.29) is 24.4 Å². The Morgan fingerprint density at radius 1 is 1.19 bits per heavy atom. The van der Waals surface area contributed by atoms with E-state index in [1.54, 1.807) is 4.90 Å². The van der Waals surface area contributed by atoms with Crippen LogP contribution >= 0.6 is 12.4 Å². The molecule has 1 atom stereocenters. The van der Waals surface area contributed by atoms with Crippen LogP contribution in [0.1, 0.15) is 47.6 Å². The Bertz CT molecular complexity index is 710. The monoisotopic (exact) mass is 377 g/mol. The van der Waals surface area contributed by atoms with E-state index in [1.165, 1.54) is 5.56 Å². The van der Waals surface area contributed by atoms with Crippen LogP contribution in [0.25, 0.3) is 0 Å². The molecule has 0 bridgehead atoms. The van der Waals surface area contributed by atoms with Gasteiger partial charge in [0.05, 0.1) is 5.56 Å². The fourth-order valence-corrected chi connectivity index (χ4v) is 3.01. The lowest BCUT2D eigenvalue weighted by Gasteiger charge is -2.21. The number of aromatic nitrogens is 1. The Hall–Kier alpha value is -1.78. The van der Waals surface area contributed by atoms with Crippen LogP contribution in [0.2, 0.25) is 0 Å². The van der Waals surface area contributed by atoms with E-state index in [9.17, 15) is 4.79 Å². The van der Waals surface area contributed by atoms with Gasteiger partial charge < -0.3 is 15.2 Å². The van der Waals surface area contributed by atoms with Crippen molar-refractivity contribution in [2.45, 2.75) is 46.7 Å². The van der Waals surface area contributed by atoms with Crippen LogP contribution in [0.3, 0.4) is 0 Å². The van der Waals surface area contributed by atoms with E-state index >= 15 is 0 Å². The number of aryl methyl sites for hydroxylation is 1. The average molecular weight is 378 g/mol. The van der Waals surface area contributed by atoms with Gasteiger partial charge in [-0.15, -0.1) is 12.4 Å². The number of nitrogens with zero attached hydrogens (tertiary/aromatic N) is 2. The number of carbonyl (C=O) groups excluding carboxylic acids is 1. The summed E-state index contributed by atoms with van der Waals surface area (Å²) in [7, 11) is 1.86. The Kier molecular flexibility index (Phi) is 8.38. The molecule has 1 unspecified atom stereocenters. The molecule has 2 aromatic rings. The Morgan fingerprint density at radius 3 is 2.38 bits per heavy atom. The topological polar surface area (TPSA) is 51.3 Å². The van der Waals surface area contributed by atoms with Gasteiger partial charge in [-0.2, -0.15) is 0 Å². The number of hydrogen-bond donors (Lipinski definition) is 1. The summed E-state index contributed by atoms with van der Waals surface area (Å²) in [5.41, 5.74) is 10.3. The number of rotatable bonds is 7. The van der Waals surface area contributed by atoms with Crippen molar-refractivity contribution in [1.82, 2.24) is 9.47 Å². The molecule has 4 nitrogen and oxygen atoms in total. The third kappa shape index (κ3) is 5.36. The zero-order chi connectivity index (χ0) is 18.6. The molecule has 1 amide bonds. The lowest BCUT2D eigenvalue weighted by Crippen LogP contribution is -2.34. The van der Waals surface area contributed by atoms with E-state index < -0.39 is 0 Å². The average Bonchev–Trinajstić information content (AvgIpc) is 2.87. The summed E-state index contributed by atoms with van der Waals surface area (Å²) < 4.78 is 2.20. The molecule has 0 aliphatic heterocycles. The van der Waals surface area contributed by atoms with Crippen molar-refractivity contribution in [3.8, 4) is 0 Å². The van der Waals surface area contributed by atoms with Gasteiger partial charge in [0.25, 0.3) is 5.91 Å². The molecule has 1 aromatic carbocycles. The summed E-state index contributed by atoms with van der Waals surface area (Å²) in [6.07, 6.45) is 0.822. The predicted molar refractivity (Wildman–Crippen MR) is 111 cm³/mol. The molecule has 1 heterocycles. The predicted octanol–water partition coefficient (Wildman–Crippen LogP) is 4.02. The van der Waals surface area contributed by atoms with E-state index in [1.807, 2.05) is 38.2 Å². The molecule has 0 spiro atoms. The quantitative estimate of drug-likeness (QED) is 0.792. The molecule has 2 rings (SSSR count). The largest absolute Gasteiger partial charge is 0.344 e. The van der Waals surface area contributed by atoms with Gasteiger partial charge in [-0.3, -0.25) is 4.79 Å². The molecule has 26 heavy (non-hydrogen) atoms. The highest BCUT2D eigenvalue weighted by Crippen LogP contribution is 2.19. The second-order valence-electron chi connectivity index (χ2n) is 7.28. The van der Waals surface area contributed by atoms with Crippen molar-refractivity contribution < 1.29 is 4.79 Å². The van der Waals surface area contributed by atoms with Crippen LogP contribution in [0, 0.1) is 19.8 Å². The number of carbonyl (C=O) groups is 1. The van der Waals surface area contributed by atoms with Gasteiger partial charge in [0.1, 0.15) is 0 Å². The highest BCUT2D eigenvalue weighted by atomic mass is 35.5. The lowest BCUT2D eigenvalue weighted by molar-refractivity contribution is 0.0788. The van der Waals surface area contributed by atoms with Crippen molar-refractivity contribution >= 4 is 18.3 Å². The van der Waals surface area contributed by atoms with E-state index in [0.717, 1.165) is 29.9 Å². The van der Waals surface area contributed by atoms with Crippen molar-refractivity contribution in [3.05, 3.63) is 58.9 Å². The first-order valence-corrected chi connectivity index (χ1v) is 9.03. The van der Waals surface area contributed by atoms with Gasteiger partial charge in [-0.1, -0.05) is 44.2 Å². The molecule has 5 heteroatoms. The normalized spacial score (nSPS) is 12.0. The molecule has 0 aliphatic rings. The minimum Gasteiger partial charge on any atom is -0.344 e. The second kappa shape index (κ2) is 9.79. The molecule has 0 aliphatic carbocycles. The highest BCUT2D eigenvalue weighted by Gasteiger charge is 2.20. The molecular formula is C21H32ClN3O.